The van der Waals surface area contributed by atoms with Crippen LogP contribution in [0.4, 0.5) is 5.69 Å². The maximum absolute atomic E-state index is 12.7. The fraction of sp³-hybridized carbons (Fsp3) is 0.0435. The minimum atomic E-state index is -0.534. The van der Waals surface area contributed by atoms with Crippen molar-refractivity contribution in [1.29, 1.82) is 0 Å². The maximum atomic E-state index is 12.7. The average Bonchev–Trinajstić information content (AvgIpc) is 3.28. The molecule has 8 nitrogen and oxygen atoms in total. The number of nitrogens with one attached hydrogen (secondary N) is 1. The lowest BCUT2D eigenvalue weighted by Crippen LogP contribution is -2.14. The Balaban J connectivity index is 1.44. The van der Waals surface area contributed by atoms with Crippen LogP contribution >= 0.6 is 0 Å². The Labute approximate surface area is 177 Å². The number of primary amides is 1. The number of nitrogens with zero attached hydrogens (tertiary/aromatic N) is 2. The van der Waals surface area contributed by atoms with Crippen LogP contribution in [0.2, 0.25) is 0 Å². The summed E-state index contributed by atoms with van der Waals surface area (Å²) >= 11 is 0. The van der Waals surface area contributed by atoms with E-state index in [2.05, 4.69) is 15.5 Å². The molecule has 154 valence electrons. The van der Waals surface area contributed by atoms with Crippen LogP contribution in [-0.2, 0) is 6.61 Å². The number of amides is 2. The van der Waals surface area contributed by atoms with E-state index in [-0.39, 0.29) is 18.4 Å². The van der Waals surface area contributed by atoms with Gasteiger partial charge in [-0.2, -0.15) is 4.98 Å². The van der Waals surface area contributed by atoms with Crippen LogP contribution < -0.4 is 15.8 Å². The molecule has 4 aromatic rings. The van der Waals surface area contributed by atoms with Crippen LogP contribution in [0.15, 0.2) is 83.4 Å². The molecule has 0 aliphatic rings. The van der Waals surface area contributed by atoms with E-state index in [9.17, 15) is 9.59 Å². The van der Waals surface area contributed by atoms with Crippen LogP contribution in [0.3, 0.4) is 0 Å². The van der Waals surface area contributed by atoms with Crippen LogP contribution in [-0.4, -0.2) is 22.0 Å². The molecule has 0 fully saturated rings. The second-order valence-electron chi connectivity index (χ2n) is 6.56. The number of rotatable bonds is 7. The summed E-state index contributed by atoms with van der Waals surface area (Å²) in [5, 5.41) is 6.72. The number of carbonyl (C=O) groups is 2. The molecule has 1 aromatic heterocycles. The number of nitrogens with two attached hydrogens (primary N) is 1. The van der Waals surface area contributed by atoms with Crippen molar-refractivity contribution < 1.29 is 18.8 Å². The van der Waals surface area contributed by atoms with Gasteiger partial charge in [0.1, 0.15) is 5.75 Å². The monoisotopic (exact) mass is 414 g/mol. The van der Waals surface area contributed by atoms with Crippen LogP contribution in [0.1, 0.15) is 26.6 Å². The first kappa shape index (κ1) is 19.8. The van der Waals surface area contributed by atoms with Crippen molar-refractivity contribution >= 4 is 17.5 Å². The van der Waals surface area contributed by atoms with E-state index in [1.165, 1.54) is 0 Å². The van der Waals surface area contributed by atoms with E-state index in [0.717, 1.165) is 5.56 Å². The standard InChI is InChI=1S/C23H18N4O4/c24-21(28)15-10-12-17(13-11-15)25-23(29)18-8-4-5-9-19(18)30-14-20-26-22(27-31-20)16-6-2-1-3-7-16/h1-13H,14H2,(H2,24,28)(H,25,29). The Kier molecular flexibility index (Phi) is 5.70. The molecule has 3 N–H and O–H groups in total. The van der Waals surface area contributed by atoms with E-state index in [4.69, 9.17) is 15.0 Å². The topological polar surface area (TPSA) is 120 Å². The Bertz CT molecular complexity index is 1200. The molecule has 2 amide bonds. The van der Waals surface area contributed by atoms with E-state index in [1.807, 2.05) is 30.3 Å². The van der Waals surface area contributed by atoms with Crippen LogP contribution in [0.25, 0.3) is 11.4 Å². The molecule has 4 rings (SSSR count). The normalized spacial score (nSPS) is 10.5. The number of ether oxygens (including phenoxy) is 1. The molecule has 31 heavy (non-hydrogen) atoms. The lowest BCUT2D eigenvalue weighted by atomic mass is 10.1. The lowest BCUT2D eigenvalue weighted by Gasteiger charge is -2.10. The fourth-order valence-electron chi connectivity index (χ4n) is 2.85. The predicted molar refractivity (Wildman–Crippen MR) is 113 cm³/mol. The van der Waals surface area contributed by atoms with Gasteiger partial charge in [0.15, 0.2) is 6.61 Å². The van der Waals surface area contributed by atoms with Gasteiger partial charge in [0.05, 0.1) is 5.56 Å². The third-order valence-corrected chi connectivity index (χ3v) is 4.41. The molecule has 0 aliphatic carbocycles. The van der Waals surface area contributed by atoms with Crippen molar-refractivity contribution in [1.82, 2.24) is 10.1 Å². The average molecular weight is 414 g/mol. The molecule has 0 saturated carbocycles. The fourth-order valence-corrected chi connectivity index (χ4v) is 2.85. The van der Waals surface area contributed by atoms with Gasteiger partial charge in [-0.3, -0.25) is 9.59 Å². The molecular weight excluding hydrogens is 396 g/mol. The van der Waals surface area contributed by atoms with E-state index in [0.29, 0.717) is 28.4 Å². The summed E-state index contributed by atoms with van der Waals surface area (Å²) in [7, 11) is 0. The highest BCUT2D eigenvalue weighted by Gasteiger charge is 2.15. The van der Waals surface area contributed by atoms with E-state index < -0.39 is 5.91 Å². The van der Waals surface area contributed by atoms with Gasteiger partial charge in [-0.25, -0.2) is 0 Å². The molecule has 8 heteroatoms. The van der Waals surface area contributed by atoms with Gasteiger partial charge in [0, 0.05) is 16.8 Å². The highest BCUT2D eigenvalue weighted by Crippen LogP contribution is 2.22. The van der Waals surface area contributed by atoms with Gasteiger partial charge in [-0.1, -0.05) is 47.6 Å². The van der Waals surface area contributed by atoms with Crippen molar-refractivity contribution in [2.24, 2.45) is 5.73 Å². The van der Waals surface area contributed by atoms with Crippen molar-refractivity contribution in [3.8, 4) is 17.1 Å². The Morgan fingerprint density at radius 1 is 0.935 bits per heavy atom. The van der Waals surface area contributed by atoms with Crippen molar-refractivity contribution in [3.63, 3.8) is 0 Å². The first-order chi connectivity index (χ1) is 15.1. The Hall–Kier alpha value is -4.46. The second kappa shape index (κ2) is 8.91. The first-order valence-electron chi connectivity index (χ1n) is 9.41. The van der Waals surface area contributed by atoms with Gasteiger partial charge in [0.2, 0.25) is 11.7 Å². The highest BCUT2D eigenvalue weighted by atomic mass is 16.5. The van der Waals surface area contributed by atoms with E-state index >= 15 is 0 Å². The summed E-state index contributed by atoms with van der Waals surface area (Å²) in [4.78, 5) is 28.2. The maximum Gasteiger partial charge on any atom is 0.264 e. The predicted octanol–water partition coefficient (Wildman–Crippen LogP) is 3.67. The summed E-state index contributed by atoms with van der Waals surface area (Å²) in [6.07, 6.45) is 0. The molecule has 0 bridgehead atoms. The number of benzene rings is 3. The minimum absolute atomic E-state index is 0.0113. The van der Waals surface area contributed by atoms with Gasteiger partial charge in [-0.15, -0.1) is 0 Å². The van der Waals surface area contributed by atoms with Crippen molar-refractivity contribution in [2.75, 3.05) is 5.32 Å². The van der Waals surface area contributed by atoms with Gasteiger partial charge >= 0.3 is 0 Å². The van der Waals surface area contributed by atoms with Gasteiger partial charge in [0.25, 0.3) is 11.8 Å². The summed E-state index contributed by atoms with van der Waals surface area (Å²) in [5.41, 5.74) is 7.28. The van der Waals surface area contributed by atoms with Gasteiger partial charge < -0.3 is 20.3 Å². The zero-order valence-electron chi connectivity index (χ0n) is 16.3. The lowest BCUT2D eigenvalue weighted by molar-refractivity contribution is 0.0997. The first-order valence-corrected chi connectivity index (χ1v) is 9.41. The number of carbonyl (C=O) groups excluding carboxylic acids is 2. The molecular formula is C23H18N4O4. The third-order valence-electron chi connectivity index (χ3n) is 4.41. The number of aromatic nitrogens is 2. The van der Waals surface area contributed by atoms with Crippen LogP contribution in [0.5, 0.6) is 5.75 Å². The molecule has 0 radical (unpaired) electrons. The molecule has 0 saturated heterocycles. The molecule has 1 heterocycles. The molecule has 0 atom stereocenters. The Morgan fingerprint density at radius 3 is 2.39 bits per heavy atom. The van der Waals surface area contributed by atoms with E-state index in [1.54, 1.807) is 48.5 Å². The molecule has 0 unspecified atom stereocenters. The van der Waals surface area contributed by atoms with Gasteiger partial charge in [-0.05, 0) is 36.4 Å². The van der Waals surface area contributed by atoms with Crippen molar-refractivity contribution in [3.05, 3.63) is 95.9 Å². The SMILES string of the molecule is NC(=O)c1ccc(NC(=O)c2ccccc2OCc2nc(-c3ccccc3)no2)cc1. The Morgan fingerprint density at radius 2 is 1.65 bits per heavy atom. The number of anilines is 1. The summed E-state index contributed by atoms with van der Waals surface area (Å²) in [6.45, 7) is 0.0113. The molecule has 3 aromatic carbocycles. The smallest absolute Gasteiger partial charge is 0.264 e. The summed E-state index contributed by atoms with van der Waals surface area (Å²) < 4.78 is 11.0. The molecule has 0 aliphatic heterocycles. The highest BCUT2D eigenvalue weighted by molar-refractivity contribution is 6.06. The number of para-hydroxylation sites is 1. The zero-order valence-corrected chi connectivity index (χ0v) is 16.3. The summed E-state index contributed by atoms with van der Waals surface area (Å²) in [6, 6.07) is 22.5. The number of hydrogen-bond acceptors (Lipinski definition) is 6. The van der Waals surface area contributed by atoms with Crippen LogP contribution in [0, 0.1) is 0 Å². The summed E-state index contributed by atoms with van der Waals surface area (Å²) in [5.74, 6) is 0.222. The van der Waals surface area contributed by atoms with Crippen molar-refractivity contribution in [2.45, 2.75) is 6.61 Å². The number of hydrogen-bond donors (Lipinski definition) is 2. The third kappa shape index (κ3) is 4.76. The zero-order chi connectivity index (χ0) is 21.6. The quantitative estimate of drug-likeness (QED) is 0.476. The second-order valence-corrected chi connectivity index (χ2v) is 6.56. The molecule has 0 spiro atoms. The largest absolute Gasteiger partial charge is 0.483 e. The minimum Gasteiger partial charge on any atom is -0.483 e.